The van der Waals surface area contributed by atoms with E-state index < -0.39 is 0 Å². The van der Waals surface area contributed by atoms with Gasteiger partial charge in [-0.1, -0.05) is 47.9 Å². The molecule has 6 heteroatoms. The molecule has 4 aromatic rings. The largest absolute Gasteiger partial charge is 1.00 e. The van der Waals surface area contributed by atoms with Crippen molar-refractivity contribution in [3.05, 3.63) is 48.5 Å². The van der Waals surface area contributed by atoms with E-state index in [2.05, 4.69) is 9.97 Å². The second-order valence-electron chi connectivity index (χ2n) is 4.75. The van der Waals surface area contributed by atoms with Gasteiger partial charge >= 0.3 is 103 Å². The maximum atomic E-state index is 12.4. The number of nitrogens with one attached hydrogen (secondary N) is 2. The van der Waals surface area contributed by atoms with Gasteiger partial charge in [0.1, 0.15) is 0 Å². The van der Waals surface area contributed by atoms with Crippen LogP contribution in [-0.2, 0) is 0 Å². The summed E-state index contributed by atoms with van der Waals surface area (Å²) in [5.74, 6) is -0.298. The molecule has 0 saturated heterocycles. The molecule has 0 aliphatic heterocycles. The molecule has 0 radical (unpaired) electrons. The molecule has 0 atom stereocenters. The molecule has 0 fully saturated rings. The molecule has 2 aromatic heterocycles. The van der Waals surface area contributed by atoms with Crippen molar-refractivity contribution in [2.24, 2.45) is 0 Å². The average molecular weight is 340 g/mol. The fraction of sp³-hybridized carbons (Fsp3) is 0. The van der Waals surface area contributed by atoms with E-state index in [0.29, 0.717) is 22.2 Å². The van der Waals surface area contributed by atoms with Gasteiger partial charge in [0.05, 0.1) is 11.4 Å². The van der Waals surface area contributed by atoms with E-state index in [9.17, 15) is 10.2 Å². The molecule has 22 heavy (non-hydrogen) atoms. The number of para-hydroxylation sites is 2. The first-order chi connectivity index (χ1) is 9.75. The second kappa shape index (κ2) is 7.52. The number of hydrogen-bond donors (Lipinski definition) is 2. The Morgan fingerprint density at radius 3 is 1.32 bits per heavy atom. The zero-order valence-electron chi connectivity index (χ0n) is 12.4. The van der Waals surface area contributed by atoms with E-state index in [4.69, 9.17) is 0 Å². The molecule has 2 N–H and O–H groups in total. The van der Waals surface area contributed by atoms with Crippen LogP contribution < -0.4 is 113 Å². The van der Waals surface area contributed by atoms with Crippen molar-refractivity contribution in [2.75, 3.05) is 0 Å². The summed E-state index contributed by atoms with van der Waals surface area (Å²) in [5.41, 5.74) is 2.14. The molecule has 2 aromatic carbocycles. The zero-order chi connectivity index (χ0) is 13.7. The summed E-state index contributed by atoms with van der Waals surface area (Å²) in [6, 6.07) is 14.5. The molecule has 4 nitrogen and oxygen atoms in total. The number of benzene rings is 2. The topological polar surface area (TPSA) is 77.7 Å². The number of aromatic amines is 2. The minimum atomic E-state index is -0.149. The molecule has 0 spiro atoms. The molecule has 98 valence electrons. The van der Waals surface area contributed by atoms with Gasteiger partial charge in [-0.05, 0) is 22.9 Å². The molecule has 0 unspecified atom stereocenters. The Hall–Kier alpha value is 0.393. The number of fused-ring (bicyclic) bond motifs is 2. The SMILES string of the molecule is [K+].[K+].[O-]c1c(-c2[nH]c3ccccc3c2[O-])[nH]c2ccccc12. The van der Waals surface area contributed by atoms with Crippen LogP contribution in [0.3, 0.4) is 0 Å². The molecular formula is C16H10K2N2O2. The van der Waals surface area contributed by atoms with E-state index in [0.717, 1.165) is 11.0 Å². The molecule has 0 aliphatic carbocycles. The molecule has 0 aliphatic rings. The van der Waals surface area contributed by atoms with Crippen molar-refractivity contribution in [2.45, 2.75) is 0 Å². The van der Waals surface area contributed by atoms with E-state index in [1.807, 2.05) is 36.4 Å². The molecular weight excluding hydrogens is 330 g/mol. The van der Waals surface area contributed by atoms with Crippen LogP contribution >= 0.6 is 0 Å². The van der Waals surface area contributed by atoms with Gasteiger partial charge in [-0.25, -0.2) is 0 Å². The summed E-state index contributed by atoms with van der Waals surface area (Å²) in [6.45, 7) is 0. The van der Waals surface area contributed by atoms with Crippen molar-refractivity contribution in [3.63, 3.8) is 0 Å². The van der Waals surface area contributed by atoms with Crippen molar-refractivity contribution in [3.8, 4) is 22.9 Å². The van der Waals surface area contributed by atoms with Gasteiger partial charge in [-0.15, -0.1) is 0 Å². The van der Waals surface area contributed by atoms with Gasteiger partial charge < -0.3 is 20.2 Å². The first-order valence-corrected chi connectivity index (χ1v) is 6.31. The van der Waals surface area contributed by atoms with Gasteiger partial charge in [0.2, 0.25) is 0 Å². The van der Waals surface area contributed by atoms with Crippen molar-refractivity contribution in [1.82, 2.24) is 9.97 Å². The Kier molecular flexibility index (Phi) is 6.40. The molecule has 0 bridgehead atoms. The van der Waals surface area contributed by atoms with Crippen LogP contribution in [0.5, 0.6) is 11.5 Å². The molecule has 4 rings (SSSR count). The van der Waals surface area contributed by atoms with Crippen LogP contribution in [0.15, 0.2) is 48.5 Å². The summed E-state index contributed by atoms with van der Waals surface area (Å²) in [5, 5.41) is 25.9. The van der Waals surface area contributed by atoms with Gasteiger partial charge in [-0.3, -0.25) is 0 Å². The summed E-state index contributed by atoms with van der Waals surface area (Å²) >= 11 is 0. The average Bonchev–Trinajstić information content (AvgIpc) is 2.98. The maximum absolute atomic E-state index is 12.4. The minimum absolute atomic E-state index is 0. The van der Waals surface area contributed by atoms with Crippen LogP contribution in [0.1, 0.15) is 0 Å². The summed E-state index contributed by atoms with van der Waals surface area (Å²) < 4.78 is 0. The van der Waals surface area contributed by atoms with E-state index >= 15 is 0 Å². The van der Waals surface area contributed by atoms with Crippen LogP contribution in [0, 0.1) is 0 Å². The quantitative estimate of drug-likeness (QED) is 0.352. The third kappa shape index (κ3) is 3.02. The molecule has 0 amide bonds. The van der Waals surface area contributed by atoms with Gasteiger partial charge in [0.15, 0.2) is 0 Å². The van der Waals surface area contributed by atoms with Gasteiger partial charge in [0.25, 0.3) is 0 Å². The number of aromatic nitrogens is 2. The zero-order valence-corrected chi connectivity index (χ0v) is 18.7. The predicted octanol–water partition coefficient (Wildman–Crippen LogP) is -3.53. The van der Waals surface area contributed by atoms with E-state index in [-0.39, 0.29) is 114 Å². The van der Waals surface area contributed by atoms with Gasteiger partial charge in [-0.2, -0.15) is 0 Å². The van der Waals surface area contributed by atoms with E-state index in [1.54, 1.807) is 12.1 Å². The maximum Gasteiger partial charge on any atom is 1.00 e. The minimum Gasteiger partial charge on any atom is -0.871 e. The van der Waals surface area contributed by atoms with E-state index in [1.165, 1.54) is 0 Å². The van der Waals surface area contributed by atoms with Crippen LogP contribution in [0.4, 0.5) is 0 Å². The first-order valence-electron chi connectivity index (χ1n) is 6.31. The Morgan fingerprint density at radius 2 is 0.955 bits per heavy atom. The fourth-order valence-corrected chi connectivity index (χ4v) is 2.58. The van der Waals surface area contributed by atoms with Crippen LogP contribution in [-0.4, -0.2) is 9.97 Å². The Morgan fingerprint density at radius 1 is 0.591 bits per heavy atom. The third-order valence-electron chi connectivity index (χ3n) is 3.57. The van der Waals surface area contributed by atoms with Crippen molar-refractivity contribution >= 4 is 21.8 Å². The van der Waals surface area contributed by atoms with Gasteiger partial charge in [0, 0.05) is 11.0 Å². The summed E-state index contributed by atoms with van der Waals surface area (Å²) in [6.07, 6.45) is 0. The Bertz CT molecular complexity index is 866. The standard InChI is InChI=1S/C16H12N2O2.2K/c19-15-9-5-1-3-7-11(9)17-13(15)14-16(20)10-6-2-4-8-12(10)18-14;;/h1-8,17-20H;;/q;2*+1/p-2. The van der Waals surface area contributed by atoms with Crippen molar-refractivity contribution in [1.29, 1.82) is 0 Å². The normalized spacial score (nSPS) is 10.4. The third-order valence-corrected chi connectivity index (χ3v) is 3.57. The Balaban J connectivity index is 0.000000882. The number of hydrogen-bond acceptors (Lipinski definition) is 2. The summed E-state index contributed by atoms with van der Waals surface area (Å²) in [4.78, 5) is 6.08. The van der Waals surface area contributed by atoms with Crippen molar-refractivity contribution < 1.29 is 113 Å². The number of H-pyrrole nitrogens is 2. The monoisotopic (exact) mass is 340 g/mol. The predicted molar refractivity (Wildman–Crippen MR) is 74.5 cm³/mol. The molecule has 2 heterocycles. The number of rotatable bonds is 1. The first kappa shape index (κ1) is 18.7. The molecule has 0 saturated carbocycles. The summed E-state index contributed by atoms with van der Waals surface area (Å²) in [7, 11) is 0. The Labute approximate surface area is 212 Å². The fourth-order valence-electron chi connectivity index (χ4n) is 2.58. The van der Waals surface area contributed by atoms with Crippen LogP contribution in [0.2, 0.25) is 0 Å². The van der Waals surface area contributed by atoms with Crippen LogP contribution in [0.25, 0.3) is 33.2 Å². The smallest absolute Gasteiger partial charge is 0.871 e. The second-order valence-corrected chi connectivity index (χ2v) is 4.75.